The third-order valence-electron chi connectivity index (χ3n) is 2.87. The Bertz CT molecular complexity index is 454. The average Bonchev–Trinajstić information content (AvgIpc) is 2.30. The number of benzene rings is 1. The van der Waals surface area contributed by atoms with E-state index in [0.29, 0.717) is 19.3 Å². The maximum Gasteiger partial charge on any atom is 0.169 e. The number of hydrogen-bond donors (Lipinski definition) is 1. The third kappa shape index (κ3) is 2.61. The second kappa shape index (κ2) is 4.95. The minimum absolute atomic E-state index is 0.0140. The Morgan fingerprint density at radius 1 is 1.06 bits per heavy atom. The van der Waals surface area contributed by atoms with Crippen LogP contribution in [-0.2, 0) is 16.0 Å². The standard InChI is InChI=1S/C14H14O3/c15-11-7-4-8-12(16)14(11)13(17)9-10-5-2-1-3-6-10/h1-3,5-6,17H,4,7-9H2. The van der Waals surface area contributed by atoms with Crippen LogP contribution in [0, 0.1) is 0 Å². The molecule has 1 aromatic rings. The second-order valence-corrected chi connectivity index (χ2v) is 4.18. The number of carbonyl (C=O) groups is 2. The molecule has 0 atom stereocenters. The predicted molar refractivity (Wildman–Crippen MR) is 63.7 cm³/mol. The molecule has 0 radical (unpaired) electrons. The predicted octanol–water partition coefficient (Wildman–Crippen LogP) is 2.36. The van der Waals surface area contributed by atoms with Crippen LogP contribution in [0.15, 0.2) is 41.7 Å². The van der Waals surface area contributed by atoms with E-state index in [0.717, 1.165) is 5.56 Å². The highest BCUT2D eigenvalue weighted by molar-refractivity contribution is 6.22. The van der Waals surface area contributed by atoms with Gasteiger partial charge in [-0.1, -0.05) is 30.3 Å². The molecule has 2 rings (SSSR count). The van der Waals surface area contributed by atoms with Crippen LogP contribution >= 0.6 is 0 Å². The van der Waals surface area contributed by atoms with E-state index in [1.807, 2.05) is 30.3 Å². The molecule has 88 valence electrons. The highest BCUT2D eigenvalue weighted by Crippen LogP contribution is 2.20. The molecule has 0 aromatic heterocycles. The van der Waals surface area contributed by atoms with Crippen LogP contribution in [0.25, 0.3) is 0 Å². The molecule has 3 heteroatoms. The number of aliphatic hydroxyl groups excluding tert-OH is 1. The summed E-state index contributed by atoms with van der Waals surface area (Å²) in [5.74, 6) is -0.546. The normalized spacial score (nSPS) is 16.1. The Labute approximate surface area is 99.8 Å². The van der Waals surface area contributed by atoms with Crippen LogP contribution in [0.5, 0.6) is 0 Å². The number of Topliss-reactive ketones (excluding diaryl/α,β-unsaturated/α-hetero) is 2. The molecule has 3 nitrogen and oxygen atoms in total. The van der Waals surface area contributed by atoms with Crippen molar-refractivity contribution in [1.82, 2.24) is 0 Å². The molecule has 1 N–H and O–H groups in total. The number of allylic oxidation sites excluding steroid dienone is 2. The molecule has 1 aliphatic carbocycles. The van der Waals surface area contributed by atoms with Gasteiger partial charge in [0.1, 0.15) is 5.76 Å². The van der Waals surface area contributed by atoms with E-state index in [1.165, 1.54) is 0 Å². The van der Waals surface area contributed by atoms with Crippen molar-refractivity contribution in [3.05, 3.63) is 47.2 Å². The molecule has 17 heavy (non-hydrogen) atoms. The van der Waals surface area contributed by atoms with Gasteiger partial charge in [0.05, 0.1) is 5.57 Å². The molecule has 1 aromatic carbocycles. The molecule has 0 unspecified atom stereocenters. The molecular weight excluding hydrogens is 216 g/mol. The van der Waals surface area contributed by atoms with Gasteiger partial charge < -0.3 is 5.11 Å². The number of aliphatic hydroxyl groups is 1. The van der Waals surface area contributed by atoms with Crippen LogP contribution in [0.3, 0.4) is 0 Å². The molecule has 1 aliphatic rings. The highest BCUT2D eigenvalue weighted by Gasteiger charge is 2.26. The summed E-state index contributed by atoms with van der Waals surface area (Å²) in [5.41, 5.74) is 0.906. The van der Waals surface area contributed by atoms with Crippen molar-refractivity contribution in [2.24, 2.45) is 0 Å². The van der Waals surface area contributed by atoms with Gasteiger partial charge in [0.25, 0.3) is 0 Å². The highest BCUT2D eigenvalue weighted by atomic mass is 16.3. The molecule has 0 bridgehead atoms. The maximum atomic E-state index is 11.6. The van der Waals surface area contributed by atoms with Crippen molar-refractivity contribution in [2.45, 2.75) is 25.7 Å². The summed E-state index contributed by atoms with van der Waals surface area (Å²) in [6.45, 7) is 0. The summed E-state index contributed by atoms with van der Waals surface area (Å²) in [6, 6.07) is 9.31. The van der Waals surface area contributed by atoms with Crippen LogP contribution in [0.2, 0.25) is 0 Å². The fourth-order valence-corrected chi connectivity index (χ4v) is 2.01. The van der Waals surface area contributed by atoms with Crippen molar-refractivity contribution in [3.63, 3.8) is 0 Å². The largest absolute Gasteiger partial charge is 0.511 e. The van der Waals surface area contributed by atoms with Gasteiger partial charge in [0, 0.05) is 19.3 Å². The van der Waals surface area contributed by atoms with Gasteiger partial charge in [-0.3, -0.25) is 9.59 Å². The zero-order valence-corrected chi connectivity index (χ0v) is 9.48. The van der Waals surface area contributed by atoms with E-state index in [1.54, 1.807) is 0 Å². The minimum atomic E-state index is -0.227. The summed E-state index contributed by atoms with van der Waals surface area (Å²) in [4.78, 5) is 23.2. The lowest BCUT2D eigenvalue weighted by Crippen LogP contribution is -2.21. The second-order valence-electron chi connectivity index (χ2n) is 4.18. The molecule has 1 fully saturated rings. The molecule has 0 amide bonds. The summed E-state index contributed by atoms with van der Waals surface area (Å²) in [6.07, 6.45) is 1.56. The lowest BCUT2D eigenvalue weighted by molar-refractivity contribution is -0.124. The topological polar surface area (TPSA) is 54.4 Å². The van der Waals surface area contributed by atoms with Crippen molar-refractivity contribution in [3.8, 4) is 0 Å². The zero-order chi connectivity index (χ0) is 12.3. The van der Waals surface area contributed by atoms with E-state index in [2.05, 4.69) is 0 Å². The fourth-order valence-electron chi connectivity index (χ4n) is 2.01. The van der Waals surface area contributed by atoms with Gasteiger partial charge in [-0.2, -0.15) is 0 Å². The molecule has 0 heterocycles. The average molecular weight is 230 g/mol. The monoisotopic (exact) mass is 230 g/mol. The Morgan fingerprint density at radius 3 is 2.24 bits per heavy atom. The lowest BCUT2D eigenvalue weighted by Gasteiger charge is -2.13. The smallest absolute Gasteiger partial charge is 0.169 e. The van der Waals surface area contributed by atoms with Crippen molar-refractivity contribution in [1.29, 1.82) is 0 Å². The summed E-state index contributed by atoms with van der Waals surface area (Å²) in [7, 11) is 0. The molecule has 0 aliphatic heterocycles. The Balaban J connectivity index is 2.25. The fraction of sp³-hybridized carbons (Fsp3) is 0.286. The zero-order valence-electron chi connectivity index (χ0n) is 9.48. The Morgan fingerprint density at radius 2 is 1.65 bits per heavy atom. The number of carbonyl (C=O) groups excluding carboxylic acids is 2. The van der Waals surface area contributed by atoms with Gasteiger partial charge in [0.15, 0.2) is 11.6 Å². The lowest BCUT2D eigenvalue weighted by atomic mass is 9.90. The first kappa shape index (κ1) is 11.6. The maximum absolute atomic E-state index is 11.6. The van der Waals surface area contributed by atoms with Crippen LogP contribution in [0.4, 0.5) is 0 Å². The van der Waals surface area contributed by atoms with Gasteiger partial charge in [-0.05, 0) is 12.0 Å². The van der Waals surface area contributed by atoms with Crippen LogP contribution < -0.4 is 0 Å². The van der Waals surface area contributed by atoms with E-state index >= 15 is 0 Å². The third-order valence-corrected chi connectivity index (χ3v) is 2.87. The summed E-state index contributed by atoms with van der Waals surface area (Å²) in [5, 5.41) is 9.91. The van der Waals surface area contributed by atoms with Gasteiger partial charge in [0.2, 0.25) is 0 Å². The van der Waals surface area contributed by atoms with Crippen molar-refractivity contribution >= 4 is 11.6 Å². The van der Waals surface area contributed by atoms with E-state index < -0.39 is 0 Å². The summed E-state index contributed by atoms with van der Waals surface area (Å²) >= 11 is 0. The number of ketones is 2. The van der Waals surface area contributed by atoms with Gasteiger partial charge in [-0.25, -0.2) is 0 Å². The molecule has 1 saturated carbocycles. The molecule has 0 saturated heterocycles. The number of rotatable bonds is 2. The molecule has 0 spiro atoms. The van der Waals surface area contributed by atoms with Crippen molar-refractivity contribution < 1.29 is 14.7 Å². The Hall–Kier alpha value is -1.90. The van der Waals surface area contributed by atoms with E-state index in [-0.39, 0.29) is 29.3 Å². The first-order valence-electron chi connectivity index (χ1n) is 5.71. The number of hydrogen-bond acceptors (Lipinski definition) is 3. The van der Waals surface area contributed by atoms with E-state index in [9.17, 15) is 14.7 Å². The SMILES string of the molecule is O=C1CCCC(=O)C1=C(O)Cc1ccccc1. The Kier molecular flexibility index (Phi) is 3.38. The van der Waals surface area contributed by atoms with Gasteiger partial charge >= 0.3 is 0 Å². The quantitative estimate of drug-likeness (QED) is 0.482. The van der Waals surface area contributed by atoms with Crippen LogP contribution in [-0.4, -0.2) is 16.7 Å². The van der Waals surface area contributed by atoms with Crippen molar-refractivity contribution in [2.75, 3.05) is 0 Å². The van der Waals surface area contributed by atoms with Gasteiger partial charge in [-0.15, -0.1) is 0 Å². The summed E-state index contributed by atoms with van der Waals surface area (Å²) < 4.78 is 0. The minimum Gasteiger partial charge on any atom is -0.511 e. The van der Waals surface area contributed by atoms with Crippen LogP contribution in [0.1, 0.15) is 24.8 Å². The first-order chi connectivity index (χ1) is 8.18. The first-order valence-corrected chi connectivity index (χ1v) is 5.71. The van der Waals surface area contributed by atoms with E-state index in [4.69, 9.17) is 0 Å². The molecular formula is C14H14O3.